The minimum atomic E-state index is -2.94. The average molecular weight is 402 g/mol. The van der Waals surface area contributed by atoms with E-state index in [-0.39, 0.29) is 17.4 Å². The Kier molecular flexibility index (Phi) is 5.75. The van der Waals surface area contributed by atoms with Crippen LogP contribution in [0, 0.1) is 0 Å². The zero-order valence-corrected chi connectivity index (χ0v) is 14.9. The highest BCUT2D eigenvalue weighted by Crippen LogP contribution is 2.41. The first-order valence-corrected chi connectivity index (χ1v) is 8.50. The third-order valence-corrected chi connectivity index (χ3v) is 4.59. The maximum absolute atomic E-state index is 13.8. The second-order valence-corrected chi connectivity index (χ2v) is 6.69. The van der Waals surface area contributed by atoms with Crippen LogP contribution in [0.3, 0.4) is 0 Å². The van der Waals surface area contributed by atoms with E-state index >= 15 is 0 Å². The standard InChI is InChI=1S/C17H18ClF2N3O4/c18-11-7-23(16(25)22-13(11)21)14-12(24)6-17(27-14,15(19)20)9-26-8-10-4-2-1-3-5-10/h1-5,7,12,14-15,24H,6,8-9H2,(H2,21,22,25). The minimum Gasteiger partial charge on any atom is -0.388 e. The third kappa shape index (κ3) is 4.11. The predicted octanol–water partition coefficient (Wildman–Crippen LogP) is 1.98. The first-order valence-electron chi connectivity index (χ1n) is 8.12. The SMILES string of the molecule is Nc1nc(=O)n(C2OC(COCc3ccccc3)(C(F)F)CC2O)cc1Cl. The van der Waals surface area contributed by atoms with Gasteiger partial charge in [-0.3, -0.25) is 4.57 Å². The third-order valence-electron chi connectivity index (χ3n) is 4.30. The fourth-order valence-corrected chi connectivity index (χ4v) is 3.06. The number of halogens is 3. The molecule has 0 saturated carbocycles. The molecule has 2 heterocycles. The number of aromatic nitrogens is 2. The van der Waals surface area contributed by atoms with Crippen LogP contribution in [0.1, 0.15) is 18.2 Å². The van der Waals surface area contributed by atoms with Crippen molar-refractivity contribution < 1.29 is 23.4 Å². The molecule has 2 aromatic rings. The van der Waals surface area contributed by atoms with Crippen LogP contribution >= 0.6 is 11.6 Å². The predicted molar refractivity (Wildman–Crippen MR) is 93.5 cm³/mol. The summed E-state index contributed by atoms with van der Waals surface area (Å²) in [6.45, 7) is -0.355. The molecule has 1 saturated heterocycles. The van der Waals surface area contributed by atoms with E-state index in [9.17, 15) is 18.7 Å². The van der Waals surface area contributed by atoms with Crippen LogP contribution in [-0.2, 0) is 16.1 Å². The van der Waals surface area contributed by atoms with Crippen molar-refractivity contribution >= 4 is 17.4 Å². The molecule has 27 heavy (non-hydrogen) atoms. The van der Waals surface area contributed by atoms with Crippen molar-refractivity contribution in [3.05, 3.63) is 57.6 Å². The number of aliphatic hydroxyl groups is 1. The molecule has 1 aliphatic rings. The quantitative estimate of drug-likeness (QED) is 0.767. The summed E-state index contributed by atoms with van der Waals surface area (Å²) in [7, 11) is 0. The topological polar surface area (TPSA) is 99.6 Å². The summed E-state index contributed by atoms with van der Waals surface area (Å²) in [4.78, 5) is 15.5. The minimum absolute atomic E-state index is 0.0553. The fraction of sp³-hybridized carbons (Fsp3) is 0.412. The van der Waals surface area contributed by atoms with Gasteiger partial charge in [0, 0.05) is 12.6 Å². The normalized spacial score (nSPS) is 25.2. The van der Waals surface area contributed by atoms with E-state index in [2.05, 4.69) is 4.98 Å². The molecular weight excluding hydrogens is 384 g/mol. The second-order valence-electron chi connectivity index (χ2n) is 6.29. The number of anilines is 1. The van der Waals surface area contributed by atoms with Crippen LogP contribution in [0.2, 0.25) is 5.02 Å². The lowest BCUT2D eigenvalue weighted by atomic mass is 10.0. The van der Waals surface area contributed by atoms with Crippen molar-refractivity contribution in [3.8, 4) is 0 Å². The highest BCUT2D eigenvalue weighted by atomic mass is 35.5. The molecule has 0 amide bonds. The number of hydrogen-bond acceptors (Lipinski definition) is 6. The number of nitrogens with two attached hydrogens (primary N) is 1. The summed E-state index contributed by atoms with van der Waals surface area (Å²) in [6.07, 6.45) is -5.01. The number of nitrogens with zero attached hydrogens (tertiary/aromatic N) is 2. The zero-order valence-electron chi connectivity index (χ0n) is 14.1. The van der Waals surface area contributed by atoms with E-state index in [1.165, 1.54) is 0 Å². The number of nitrogen functional groups attached to an aromatic ring is 1. The van der Waals surface area contributed by atoms with Gasteiger partial charge in [0.1, 0.15) is 11.9 Å². The van der Waals surface area contributed by atoms with Crippen LogP contribution in [0.25, 0.3) is 0 Å². The Balaban J connectivity index is 1.77. The Morgan fingerprint density at radius 1 is 1.44 bits per heavy atom. The molecule has 1 fully saturated rings. The van der Waals surface area contributed by atoms with Crippen molar-refractivity contribution in [3.63, 3.8) is 0 Å². The molecule has 0 spiro atoms. The van der Waals surface area contributed by atoms with Crippen molar-refractivity contribution in [2.45, 2.75) is 37.4 Å². The van der Waals surface area contributed by atoms with Gasteiger partial charge in [-0.25, -0.2) is 13.6 Å². The molecule has 0 radical (unpaired) electrons. The van der Waals surface area contributed by atoms with Crippen molar-refractivity contribution in [1.29, 1.82) is 0 Å². The lowest BCUT2D eigenvalue weighted by Gasteiger charge is -2.28. The highest BCUT2D eigenvalue weighted by molar-refractivity contribution is 6.32. The van der Waals surface area contributed by atoms with Crippen molar-refractivity contribution in [2.24, 2.45) is 0 Å². The second kappa shape index (κ2) is 7.89. The summed E-state index contributed by atoms with van der Waals surface area (Å²) < 4.78 is 39.2. The Morgan fingerprint density at radius 2 is 2.15 bits per heavy atom. The van der Waals surface area contributed by atoms with Gasteiger partial charge < -0.3 is 20.3 Å². The van der Waals surface area contributed by atoms with E-state index in [1.54, 1.807) is 24.3 Å². The molecule has 0 bridgehead atoms. The molecule has 0 aliphatic carbocycles. The number of alkyl halides is 2. The van der Waals surface area contributed by atoms with Crippen molar-refractivity contribution in [2.75, 3.05) is 12.3 Å². The number of ether oxygens (including phenoxy) is 2. The summed E-state index contributed by atoms with van der Waals surface area (Å²) in [5.74, 6) is -0.197. The van der Waals surface area contributed by atoms with Gasteiger partial charge in [-0.2, -0.15) is 4.98 Å². The maximum Gasteiger partial charge on any atom is 0.351 e. The zero-order chi connectivity index (χ0) is 19.6. The molecule has 7 nitrogen and oxygen atoms in total. The number of rotatable bonds is 6. The van der Waals surface area contributed by atoms with Gasteiger partial charge in [-0.15, -0.1) is 0 Å². The van der Waals surface area contributed by atoms with Gasteiger partial charge in [0.15, 0.2) is 11.8 Å². The van der Waals surface area contributed by atoms with Crippen LogP contribution < -0.4 is 11.4 Å². The summed E-state index contributed by atoms with van der Waals surface area (Å²) in [5, 5.41) is 10.2. The van der Waals surface area contributed by atoms with Crippen LogP contribution in [0.15, 0.2) is 41.3 Å². The lowest BCUT2D eigenvalue weighted by molar-refractivity contribution is -0.183. The first kappa shape index (κ1) is 19.7. The number of benzene rings is 1. The van der Waals surface area contributed by atoms with Crippen molar-refractivity contribution in [1.82, 2.24) is 9.55 Å². The number of hydrogen-bond donors (Lipinski definition) is 2. The highest BCUT2D eigenvalue weighted by Gasteiger charge is 2.53. The van der Waals surface area contributed by atoms with Gasteiger partial charge in [0.25, 0.3) is 6.43 Å². The molecule has 3 atom stereocenters. The maximum atomic E-state index is 13.8. The van der Waals surface area contributed by atoms with Gasteiger partial charge in [0.05, 0.1) is 18.2 Å². The Morgan fingerprint density at radius 3 is 2.81 bits per heavy atom. The Hall–Kier alpha value is -2.07. The molecule has 3 unspecified atom stereocenters. The molecule has 3 rings (SSSR count). The molecule has 146 valence electrons. The molecule has 3 N–H and O–H groups in total. The van der Waals surface area contributed by atoms with Crippen LogP contribution in [0.5, 0.6) is 0 Å². The molecular formula is C17H18ClF2N3O4. The molecule has 1 aromatic carbocycles. The Labute approximate surface area is 158 Å². The van der Waals surface area contributed by atoms with Gasteiger partial charge in [0.2, 0.25) is 0 Å². The largest absolute Gasteiger partial charge is 0.388 e. The molecule has 10 heteroatoms. The lowest BCUT2D eigenvalue weighted by Crippen LogP contribution is -2.42. The summed E-state index contributed by atoms with van der Waals surface area (Å²) in [6, 6.07) is 9.03. The van der Waals surface area contributed by atoms with Crippen LogP contribution in [0.4, 0.5) is 14.6 Å². The molecule has 1 aromatic heterocycles. The van der Waals surface area contributed by atoms with E-state index < -0.39 is 43.1 Å². The smallest absolute Gasteiger partial charge is 0.351 e. The van der Waals surface area contributed by atoms with E-state index in [0.29, 0.717) is 0 Å². The Bertz CT molecular complexity index is 852. The van der Waals surface area contributed by atoms with Gasteiger partial charge in [-0.05, 0) is 5.56 Å². The first-order chi connectivity index (χ1) is 12.8. The summed E-state index contributed by atoms with van der Waals surface area (Å²) >= 11 is 5.84. The monoisotopic (exact) mass is 401 g/mol. The van der Waals surface area contributed by atoms with E-state index in [1.807, 2.05) is 6.07 Å². The van der Waals surface area contributed by atoms with Crippen LogP contribution in [-0.4, -0.2) is 39.4 Å². The number of aliphatic hydroxyl groups excluding tert-OH is 1. The van der Waals surface area contributed by atoms with Gasteiger partial charge >= 0.3 is 5.69 Å². The van der Waals surface area contributed by atoms with E-state index in [4.69, 9.17) is 26.8 Å². The molecule has 1 aliphatic heterocycles. The van der Waals surface area contributed by atoms with E-state index in [0.717, 1.165) is 16.3 Å². The average Bonchev–Trinajstić information content (AvgIpc) is 2.97. The summed E-state index contributed by atoms with van der Waals surface area (Å²) in [5.41, 5.74) is 3.33. The van der Waals surface area contributed by atoms with Gasteiger partial charge in [-0.1, -0.05) is 41.9 Å². The fourth-order valence-electron chi connectivity index (χ4n) is 2.92.